The first-order valence-electron chi connectivity index (χ1n) is 7.47. The zero-order valence-corrected chi connectivity index (χ0v) is 12.2. The molecule has 3 nitrogen and oxygen atoms in total. The summed E-state index contributed by atoms with van der Waals surface area (Å²) in [6.07, 6.45) is 2.04. The van der Waals surface area contributed by atoms with Crippen molar-refractivity contribution in [2.45, 2.75) is 25.8 Å². The van der Waals surface area contributed by atoms with Crippen LogP contribution in [0.5, 0.6) is 0 Å². The molecule has 1 unspecified atom stereocenters. The highest BCUT2D eigenvalue weighted by molar-refractivity contribution is 5.97. The molecule has 3 heteroatoms. The van der Waals surface area contributed by atoms with Crippen molar-refractivity contribution >= 4 is 11.6 Å². The van der Waals surface area contributed by atoms with Crippen LogP contribution in [0.3, 0.4) is 0 Å². The lowest BCUT2D eigenvalue weighted by molar-refractivity contribution is 0.0939. The SMILES string of the molecule is CC(NC(=O)c1cccc2c1CCCN2)c1ccccc1. The molecule has 0 saturated carbocycles. The summed E-state index contributed by atoms with van der Waals surface area (Å²) in [7, 11) is 0. The van der Waals surface area contributed by atoms with E-state index >= 15 is 0 Å². The standard InChI is InChI=1S/C18H20N2O/c1-13(14-7-3-2-4-8-14)20-18(21)16-9-5-11-17-15(16)10-6-12-19-17/h2-5,7-9,11,13,19H,6,10,12H2,1H3,(H,20,21). The van der Waals surface area contributed by atoms with Gasteiger partial charge in [-0.25, -0.2) is 0 Å². The van der Waals surface area contributed by atoms with Crippen molar-refractivity contribution in [2.24, 2.45) is 0 Å². The first-order chi connectivity index (χ1) is 10.3. The van der Waals surface area contributed by atoms with Crippen LogP contribution >= 0.6 is 0 Å². The molecule has 2 N–H and O–H groups in total. The maximum atomic E-state index is 12.6. The van der Waals surface area contributed by atoms with Gasteiger partial charge in [-0.3, -0.25) is 4.79 Å². The Morgan fingerprint density at radius 3 is 2.76 bits per heavy atom. The van der Waals surface area contributed by atoms with Crippen molar-refractivity contribution in [2.75, 3.05) is 11.9 Å². The predicted molar refractivity (Wildman–Crippen MR) is 85.6 cm³/mol. The first-order valence-corrected chi connectivity index (χ1v) is 7.47. The summed E-state index contributed by atoms with van der Waals surface area (Å²) < 4.78 is 0. The van der Waals surface area contributed by atoms with Gasteiger partial charge in [0.05, 0.1) is 6.04 Å². The smallest absolute Gasteiger partial charge is 0.252 e. The van der Waals surface area contributed by atoms with Gasteiger partial charge in [-0.15, -0.1) is 0 Å². The van der Waals surface area contributed by atoms with Gasteiger partial charge in [0.25, 0.3) is 5.91 Å². The van der Waals surface area contributed by atoms with Crippen LogP contribution in [0.4, 0.5) is 5.69 Å². The van der Waals surface area contributed by atoms with E-state index in [4.69, 9.17) is 0 Å². The van der Waals surface area contributed by atoms with Gasteiger partial charge < -0.3 is 10.6 Å². The van der Waals surface area contributed by atoms with Crippen LogP contribution in [0, 0.1) is 0 Å². The molecule has 1 atom stereocenters. The third kappa shape index (κ3) is 2.92. The van der Waals surface area contributed by atoms with Gasteiger partial charge in [-0.1, -0.05) is 36.4 Å². The van der Waals surface area contributed by atoms with Crippen molar-refractivity contribution in [3.63, 3.8) is 0 Å². The number of fused-ring (bicyclic) bond motifs is 1. The highest BCUT2D eigenvalue weighted by Crippen LogP contribution is 2.25. The van der Waals surface area contributed by atoms with E-state index in [9.17, 15) is 4.79 Å². The monoisotopic (exact) mass is 280 g/mol. The van der Waals surface area contributed by atoms with E-state index < -0.39 is 0 Å². The Morgan fingerprint density at radius 1 is 1.14 bits per heavy atom. The third-order valence-corrected chi connectivity index (χ3v) is 3.99. The molecule has 2 aromatic carbocycles. The van der Waals surface area contributed by atoms with Crippen molar-refractivity contribution in [1.82, 2.24) is 5.32 Å². The van der Waals surface area contributed by atoms with Crippen LogP contribution in [-0.4, -0.2) is 12.5 Å². The number of nitrogens with one attached hydrogen (secondary N) is 2. The maximum Gasteiger partial charge on any atom is 0.252 e. The number of amides is 1. The Morgan fingerprint density at radius 2 is 1.95 bits per heavy atom. The van der Waals surface area contributed by atoms with Crippen LogP contribution in [0.2, 0.25) is 0 Å². The maximum absolute atomic E-state index is 12.6. The molecule has 0 spiro atoms. The average molecular weight is 280 g/mol. The van der Waals surface area contributed by atoms with Crippen molar-refractivity contribution in [1.29, 1.82) is 0 Å². The molecule has 0 saturated heterocycles. The zero-order valence-electron chi connectivity index (χ0n) is 12.2. The van der Waals surface area contributed by atoms with Crippen LogP contribution < -0.4 is 10.6 Å². The normalized spacial score (nSPS) is 14.7. The Kier molecular flexibility index (Phi) is 3.91. The Labute approximate surface area is 125 Å². The number of carbonyl (C=O) groups excluding carboxylic acids is 1. The van der Waals surface area contributed by atoms with E-state index in [1.807, 2.05) is 55.5 Å². The highest BCUT2D eigenvalue weighted by atomic mass is 16.1. The molecule has 0 bridgehead atoms. The molecule has 3 rings (SSSR count). The van der Waals surface area contributed by atoms with Crippen molar-refractivity contribution < 1.29 is 4.79 Å². The molecular formula is C18H20N2O. The molecule has 1 aliphatic rings. The number of benzene rings is 2. The van der Waals surface area contributed by atoms with E-state index in [1.54, 1.807) is 0 Å². The van der Waals surface area contributed by atoms with Gasteiger partial charge in [0.15, 0.2) is 0 Å². The Balaban J connectivity index is 1.80. The fraction of sp³-hybridized carbons (Fsp3) is 0.278. The zero-order chi connectivity index (χ0) is 14.7. The molecule has 108 valence electrons. The molecule has 0 aromatic heterocycles. The molecular weight excluding hydrogens is 260 g/mol. The van der Waals surface area contributed by atoms with Gasteiger partial charge in [0, 0.05) is 17.8 Å². The van der Waals surface area contributed by atoms with E-state index in [0.717, 1.165) is 41.8 Å². The predicted octanol–water partition coefficient (Wildman–Crippen LogP) is 3.54. The van der Waals surface area contributed by atoms with Crippen LogP contribution in [0.1, 0.15) is 40.9 Å². The second-order valence-corrected chi connectivity index (χ2v) is 5.47. The summed E-state index contributed by atoms with van der Waals surface area (Å²) in [6.45, 7) is 3.00. The minimum absolute atomic E-state index is 0.00565. The van der Waals surface area contributed by atoms with Gasteiger partial charge in [0.1, 0.15) is 0 Å². The van der Waals surface area contributed by atoms with E-state index in [1.165, 1.54) is 0 Å². The highest BCUT2D eigenvalue weighted by Gasteiger charge is 2.18. The summed E-state index contributed by atoms with van der Waals surface area (Å²) >= 11 is 0. The summed E-state index contributed by atoms with van der Waals surface area (Å²) in [5.41, 5.74) is 4.15. The van der Waals surface area contributed by atoms with Gasteiger partial charge in [0.2, 0.25) is 0 Å². The lowest BCUT2D eigenvalue weighted by atomic mass is 9.96. The van der Waals surface area contributed by atoms with Crippen molar-refractivity contribution in [3.8, 4) is 0 Å². The molecule has 0 fully saturated rings. The molecule has 1 amide bonds. The van der Waals surface area contributed by atoms with Gasteiger partial charge in [-0.2, -0.15) is 0 Å². The lowest BCUT2D eigenvalue weighted by Gasteiger charge is -2.22. The molecule has 0 aliphatic carbocycles. The fourth-order valence-corrected chi connectivity index (χ4v) is 2.82. The third-order valence-electron chi connectivity index (χ3n) is 3.99. The summed E-state index contributed by atoms with van der Waals surface area (Å²) in [4.78, 5) is 12.6. The summed E-state index contributed by atoms with van der Waals surface area (Å²) in [5.74, 6) is 0.00639. The number of hydrogen-bond donors (Lipinski definition) is 2. The molecule has 1 heterocycles. The average Bonchev–Trinajstić information content (AvgIpc) is 2.55. The van der Waals surface area contributed by atoms with Crippen LogP contribution in [0.15, 0.2) is 48.5 Å². The van der Waals surface area contributed by atoms with E-state index in [2.05, 4.69) is 10.6 Å². The quantitative estimate of drug-likeness (QED) is 0.903. The van der Waals surface area contributed by atoms with Crippen LogP contribution in [0.25, 0.3) is 0 Å². The topological polar surface area (TPSA) is 41.1 Å². The van der Waals surface area contributed by atoms with Gasteiger partial charge in [-0.05, 0) is 43.0 Å². The number of rotatable bonds is 3. The molecule has 21 heavy (non-hydrogen) atoms. The summed E-state index contributed by atoms with van der Waals surface area (Å²) in [6, 6.07) is 15.9. The van der Waals surface area contributed by atoms with Crippen LogP contribution in [-0.2, 0) is 6.42 Å². The second-order valence-electron chi connectivity index (χ2n) is 5.47. The second kappa shape index (κ2) is 6.00. The first kappa shape index (κ1) is 13.7. The molecule has 1 aliphatic heterocycles. The minimum atomic E-state index is 0.00565. The minimum Gasteiger partial charge on any atom is -0.385 e. The van der Waals surface area contributed by atoms with E-state index in [-0.39, 0.29) is 11.9 Å². The number of hydrogen-bond acceptors (Lipinski definition) is 2. The summed E-state index contributed by atoms with van der Waals surface area (Å²) in [5, 5.41) is 6.46. The number of anilines is 1. The number of carbonyl (C=O) groups is 1. The fourth-order valence-electron chi connectivity index (χ4n) is 2.82. The van der Waals surface area contributed by atoms with Gasteiger partial charge >= 0.3 is 0 Å². The molecule has 0 radical (unpaired) electrons. The lowest BCUT2D eigenvalue weighted by Crippen LogP contribution is -2.28. The Hall–Kier alpha value is -2.29. The van der Waals surface area contributed by atoms with Crippen molar-refractivity contribution in [3.05, 3.63) is 65.2 Å². The largest absolute Gasteiger partial charge is 0.385 e. The van der Waals surface area contributed by atoms with E-state index in [0.29, 0.717) is 0 Å². The molecule has 2 aromatic rings. The Bertz CT molecular complexity index is 637.